The molecule has 1 saturated carbocycles. The van der Waals surface area contributed by atoms with Crippen LogP contribution in [0.25, 0.3) is 22.0 Å². The molecule has 0 bridgehead atoms. The maximum atomic E-state index is 13.8. The second-order valence-electron chi connectivity index (χ2n) is 10.9. The molecule has 0 spiro atoms. The summed E-state index contributed by atoms with van der Waals surface area (Å²) in [7, 11) is 1.53. The molecule has 1 aliphatic heterocycles. The van der Waals surface area contributed by atoms with Crippen LogP contribution < -0.4 is 10.1 Å². The molecule has 6 rings (SSSR count). The fourth-order valence-electron chi connectivity index (χ4n) is 5.76. The lowest BCUT2D eigenvalue weighted by Crippen LogP contribution is -2.46. The van der Waals surface area contributed by atoms with Crippen molar-refractivity contribution in [2.24, 2.45) is 5.41 Å². The Hall–Kier alpha value is -4.23. The highest BCUT2D eigenvalue weighted by Gasteiger charge is 2.64. The first kappa shape index (κ1) is 27.9. The Labute approximate surface area is 249 Å². The van der Waals surface area contributed by atoms with Crippen molar-refractivity contribution in [2.75, 3.05) is 12.4 Å². The number of methoxy groups -OCH3 is 1. The molecule has 1 aromatic carbocycles. The standard InChI is InChI=1S/C29H28BrN7O5/c1-15(39)27-19-6-16(17-11-31-25(14-38)32-12-17)4-5-20(19)36(35-27)13-26(40)37-21(9-29(2)10-22(29)37)28(41)34-24-8-18(42-3)7-23(30)33-24/h4-8,11-12,21-22,38H,9-10,13-14H2,1-3H3,(H,33,34,41)/t21-,22+,29-/m0/s1. The van der Waals surface area contributed by atoms with E-state index in [2.05, 4.69) is 48.2 Å². The lowest BCUT2D eigenvalue weighted by Gasteiger charge is -2.27. The molecule has 0 unspecified atom stereocenters. The summed E-state index contributed by atoms with van der Waals surface area (Å²) in [4.78, 5) is 54.0. The number of fused-ring (bicyclic) bond motifs is 2. The maximum Gasteiger partial charge on any atom is 0.248 e. The van der Waals surface area contributed by atoms with Crippen molar-refractivity contribution in [1.82, 2.24) is 29.6 Å². The highest BCUT2D eigenvalue weighted by atomic mass is 79.9. The number of likely N-dealkylation sites (tertiary alicyclic amines) is 1. The van der Waals surface area contributed by atoms with Crippen LogP contribution in [0, 0.1) is 5.41 Å². The Bertz CT molecular complexity index is 1740. The molecule has 1 saturated heterocycles. The second kappa shape index (κ2) is 10.6. The Balaban J connectivity index is 1.27. The van der Waals surface area contributed by atoms with E-state index in [1.54, 1.807) is 35.5 Å². The largest absolute Gasteiger partial charge is 0.497 e. The van der Waals surface area contributed by atoms with Crippen molar-refractivity contribution in [1.29, 1.82) is 0 Å². The number of nitrogens with one attached hydrogen (secondary N) is 1. The summed E-state index contributed by atoms with van der Waals surface area (Å²) in [5.41, 5.74) is 2.22. The first-order valence-corrected chi connectivity index (χ1v) is 14.2. The number of aromatic nitrogens is 5. The number of hydrogen-bond donors (Lipinski definition) is 2. The van der Waals surface area contributed by atoms with Gasteiger partial charge in [-0.2, -0.15) is 5.10 Å². The minimum absolute atomic E-state index is 0.0478. The lowest BCUT2D eigenvalue weighted by atomic mass is 10.0. The molecule has 2 N–H and O–H groups in total. The molecule has 2 amide bonds. The van der Waals surface area contributed by atoms with Gasteiger partial charge in [-0.15, -0.1) is 0 Å². The van der Waals surface area contributed by atoms with E-state index in [-0.39, 0.29) is 47.9 Å². The minimum Gasteiger partial charge on any atom is -0.497 e. The highest BCUT2D eigenvalue weighted by Crippen LogP contribution is 2.59. The summed E-state index contributed by atoms with van der Waals surface area (Å²) in [5, 5.41) is 17.2. The molecule has 4 aromatic rings. The van der Waals surface area contributed by atoms with Gasteiger partial charge in [0.2, 0.25) is 11.8 Å². The summed E-state index contributed by atoms with van der Waals surface area (Å²) in [6, 6.07) is 8.05. The zero-order valence-corrected chi connectivity index (χ0v) is 24.8. The van der Waals surface area contributed by atoms with Gasteiger partial charge in [0, 0.05) is 48.4 Å². The Morgan fingerprint density at radius 3 is 2.60 bits per heavy atom. The average Bonchev–Trinajstić information content (AvgIpc) is 3.34. The van der Waals surface area contributed by atoms with Crippen LogP contribution in [0.15, 0.2) is 47.3 Å². The van der Waals surface area contributed by atoms with E-state index in [9.17, 15) is 19.5 Å². The van der Waals surface area contributed by atoms with Gasteiger partial charge in [0.25, 0.3) is 0 Å². The quantitative estimate of drug-likeness (QED) is 0.220. The number of carbonyl (C=O) groups is 3. The van der Waals surface area contributed by atoms with E-state index in [0.717, 1.165) is 12.0 Å². The molecular formula is C29H28BrN7O5. The summed E-state index contributed by atoms with van der Waals surface area (Å²) < 4.78 is 7.30. The zero-order valence-electron chi connectivity index (χ0n) is 23.2. The number of piperidine rings is 1. The van der Waals surface area contributed by atoms with Crippen molar-refractivity contribution in [3.05, 3.63) is 58.8 Å². The third-order valence-electron chi connectivity index (χ3n) is 8.03. The van der Waals surface area contributed by atoms with Crippen LogP contribution in [0.1, 0.15) is 43.0 Å². The van der Waals surface area contributed by atoms with Crippen LogP contribution in [0.5, 0.6) is 5.75 Å². The predicted octanol–water partition coefficient (Wildman–Crippen LogP) is 3.37. The molecule has 3 aromatic heterocycles. The minimum atomic E-state index is -0.671. The Kier molecular flexibility index (Phi) is 7.01. The third-order valence-corrected chi connectivity index (χ3v) is 8.44. The van der Waals surface area contributed by atoms with Crippen LogP contribution in [0.3, 0.4) is 0 Å². The van der Waals surface area contributed by atoms with Crippen LogP contribution in [0.4, 0.5) is 5.82 Å². The van der Waals surface area contributed by atoms with Crippen molar-refractivity contribution in [2.45, 2.75) is 51.9 Å². The molecule has 1 aliphatic carbocycles. The van der Waals surface area contributed by atoms with Crippen molar-refractivity contribution >= 4 is 50.2 Å². The number of aliphatic hydroxyl groups excluding tert-OH is 1. The Morgan fingerprint density at radius 1 is 1.14 bits per heavy atom. The van der Waals surface area contributed by atoms with E-state index in [1.807, 2.05) is 12.1 Å². The number of nitrogens with zero attached hydrogens (tertiary/aromatic N) is 6. The number of Topliss-reactive ketones (excluding diaryl/α,β-unsaturated/α-hetero) is 1. The van der Waals surface area contributed by atoms with Gasteiger partial charge in [-0.1, -0.05) is 13.0 Å². The monoisotopic (exact) mass is 633 g/mol. The maximum absolute atomic E-state index is 13.8. The van der Waals surface area contributed by atoms with Gasteiger partial charge < -0.3 is 20.1 Å². The van der Waals surface area contributed by atoms with Crippen LogP contribution in [0.2, 0.25) is 0 Å². The molecule has 4 heterocycles. The van der Waals surface area contributed by atoms with Gasteiger partial charge in [0.1, 0.15) is 41.1 Å². The normalized spacial score (nSPS) is 20.8. The molecule has 13 heteroatoms. The number of ketones is 1. The number of rotatable bonds is 8. The van der Waals surface area contributed by atoms with Gasteiger partial charge in [-0.05, 0) is 51.9 Å². The van der Waals surface area contributed by atoms with Gasteiger partial charge in [-0.3, -0.25) is 19.1 Å². The highest BCUT2D eigenvalue weighted by molar-refractivity contribution is 9.10. The van der Waals surface area contributed by atoms with Crippen molar-refractivity contribution in [3.63, 3.8) is 0 Å². The molecule has 2 aliphatic rings. The van der Waals surface area contributed by atoms with Crippen LogP contribution in [-0.4, -0.2) is 71.5 Å². The van der Waals surface area contributed by atoms with E-state index in [4.69, 9.17) is 4.74 Å². The van der Waals surface area contributed by atoms with Gasteiger partial charge in [0.05, 0.1) is 12.6 Å². The van der Waals surface area contributed by atoms with E-state index in [0.29, 0.717) is 44.9 Å². The smallest absolute Gasteiger partial charge is 0.248 e. The fraction of sp³-hybridized carbons (Fsp3) is 0.345. The van der Waals surface area contributed by atoms with Crippen LogP contribution in [-0.2, 0) is 22.7 Å². The number of benzene rings is 1. The number of pyridine rings is 1. The SMILES string of the molecule is COc1cc(Br)nc(NC(=O)[C@@H]2C[C@@]3(C)C[C@H]3N2C(=O)Cn2nc(C(C)=O)c3cc(-c4cnc(CO)nc4)ccc32)c1. The number of amides is 2. The average molecular weight is 634 g/mol. The number of carbonyl (C=O) groups excluding carboxylic acids is 3. The van der Waals surface area contributed by atoms with Crippen LogP contribution >= 0.6 is 15.9 Å². The number of halogens is 1. The molecule has 12 nitrogen and oxygen atoms in total. The fourth-order valence-corrected chi connectivity index (χ4v) is 6.18. The number of hydrogen-bond acceptors (Lipinski definition) is 9. The second-order valence-corrected chi connectivity index (χ2v) is 11.8. The molecule has 0 radical (unpaired) electrons. The third kappa shape index (κ3) is 5.02. The number of aliphatic hydroxyl groups is 1. The number of ether oxygens (including phenoxy) is 1. The topological polar surface area (TPSA) is 152 Å². The zero-order chi connectivity index (χ0) is 29.8. The number of anilines is 1. The van der Waals surface area contributed by atoms with Crippen molar-refractivity contribution < 1.29 is 24.2 Å². The molecular weight excluding hydrogens is 606 g/mol. The van der Waals surface area contributed by atoms with E-state index < -0.39 is 6.04 Å². The summed E-state index contributed by atoms with van der Waals surface area (Å²) in [6.07, 6.45) is 4.57. The van der Waals surface area contributed by atoms with E-state index in [1.165, 1.54) is 18.7 Å². The summed E-state index contributed by atoms with van der Waals surface area (Å²) in [6.45, 7) is 3.13. The lowest BCUT2D eigenvalue weighted by molar-refractivity contribution is -0.138. The first-order chi connectivity index (χ1) is 20.1. The molecule has 2 fully saturated rings. The van der Waals surface area contributed by atoms with E-state index >= 15 is 0 Å². The predicted molar refractivity (Wildman–Crippen MR) is 156 cm³/mol. The van der Waals surface area contributed by atoms with Gasteiger partial charge >= 0.3 is 0 Å². The molecule has 42 heavy (non-hydrogen) atoms. The molecule has 216 valence electrons. The summed E-state index contributed by atoms with van der Waals surface area (Å²) >= 11 is 3.32. The first-order valence-electron chi connectivity index (χ1n) is 13.4. The Morgan fingerprint density at radius 2 is 1.90 bits per heavy atom. The van der Waals surface area contributed by atoms with Gasteiger partial charge in [-0.25, -0.2) is 15.0 Å². The summed E-state index contributed by atoms with van der Waals surface area (Å²) in [5.74, 6) is 0.354. The van der Waals surface area contributed by atoms with Gasteiger partial charge in [0.15, 0.2) is 11.6 Å². The molecule has 3 atom stereocenters. The van der Waals surface area contributed by atoms with Crippen molar-refractivity contribution in [3.8, 4) is 16.9 Å².